The summed E-state index contributed by atoms with van der Waals surface area (Å²) in [6.45, 7) is 2.31. The van der Waals surface area contributed by atoms with Gasteiger partial charge in [0.1, 0.15) is 0 Å². The summed E-state index contributed by atoms with van der Waals surface area (Å²) < 4.78 is 13.0. The van der Waals surface area contributed by atoms with Crippen molar-refractivity contribution in [1.82, 2.24) is 4.98 Å². The Bertz CT molecular complexity index is 453. The summed E-state index contributed by atoms with van der Waals surface area (Å²) in [7, 11) is 0. The first-order chi connectivity index (χ1) is 11.3. The van der Waals surface area contributed by atoms with Gasteiger partial charge in [-0.25, -0.2) is 4.98 Å². The average molecular weight is 317 g/mol. The van der Waals surface area contributed by atoms with Crippen molar-refractivity contribution in [3.05, 3.63) is 29.8 Å². The Balaban J connectivity index is 1.43. The predicted molar refractivity (Wildman–Crippen MR) is 93.9 cm³/mol. The van der Waals surface area contributed by atoms with Gasteiger partial charge in [0.2, 0.25) is 5.95 Å². The zero-order chi connectivity index (χ0) is 16.1. The molecule has 0 aliphatic heterocycles. The number of unbranched alkanes of at least 4 members (excludes halogenated alkanes) is 1. The lowest BCUT2D eigenvalue weighted by Gasteiger charge is -2.38. The molecule has 128 valence electrons. The van der Waals surface area contributed by atoms with Crippen molar-refractivity contribution in [1.29, 1.82) is 0 Å². The Kier molecular flexibility index (Phi) is 6.08. The maximum Gasteiger partial charge on any atom is 0.212 e. The normalized spacial score (nSPS) is 31.9. The largest absolute Gasteiger partial charge is 0.228 e. The Morgan fingerprint density at radius 3 is 2.17 bits per heavy atom. The molecule has 1 aromatic heterocycles. The summed E-state index contributed by atoms with van der Waals surface area (Å²) in [5.74, 6) is 3.21. The van der Waals surface area contributed by atoms with Crippen LogP contribution < -0.4 is 0 Å². The molecule has 0 aromatic carbocycles. The van der Waals surface area contributed by atoms with Crippen LogP contribution in [0, 0.1) is 23.7 Å². The van der Waals surface area contributed by atoms with Crippen molar-refractivity contribution in [2.75, 3.05) is 0 Å². The van der Waals surface area contributed by atoms with Crippen LogP contribution in [0.1, 0.15) is 89.0 Å². The molecular formula is C21H32FN. The number of aromatic nitrogens is 1. The van der Waals surface area contributed by atoms with E-state index < -0.39 is 0 Å². The molecule has 1 aromatic rings. The molecule has 2 aliphatic rings. The summed E-state index contributed by atoms with van der Waals surface area (Å²) in [4.78, 5) is 3.83. The molecule has 23 heavy (non-hydrogen) atoms. The number of halogens is 1. The molecule has 0 radical (unpaired) electrons. The summed E-state index contributed by atoms with van der Waals surface area (Å²) in [5, 5.41) is 0. The Hall–Kier alpha value is -0.920. The highest BCUT2D eigenvalue weighted by molar-refractivity contribution is 5.15. The first kappa shape index (κ1) is 16.9. The standard InChI is InChI=1S/C21H32FN/c1-2-3-4-16-5-7-17(8-6-16)18-9-11-19(12-10-18)20-13-14-21(22)23-15-20/h13-19H,2-12H2,1H3/t16-,17-,18-,19-. The second-order valence-corrected chi connectivity index (χ2v) is 7.95. The number of pyridine rings is 1. The maximum atomic E-state index is 13.0. The minimum Gasteiger partial charge on any atom is -0.228 e. The van der Waals surface area contributed by atoms with Crippen molar-refractivity contribution >= 4 is 0 Å². The molecule has 0 spiro atoms. The fourth-order valence-electron chi connectivity index (χ4n) is 4.99. The van der Waals surface area contributed by atoms with Crippen LogP contribution in [-0.2, 0) is 0 Å². The van der Waals surface area contributed by atoms with E-state index in [9.17, 15) is 4.39 Å². The van der Waals surface area contributed by atoms with Gasteiger partial charge in [-0.05, 0) is 73.8 Å². The molecule has 0 N–H and O–H groups in total. The summed E-state index contributed by atoms with van der Waals surface area (Å²) in [6.07, 6.45) is 17.2. The molecule has 1 heterocycles. The summed E-state index contributed by atoms with van der Waals surface area (Å²) in [5.41, 5.74) is 1.24. The van der Waals surface area contributed by atoms with Gasteiger partial charge in [0.25, 0.3) is 0 Å². The second kappa shape index (κ2) is 8.26. The van der Waals surface area contributed by atoms with Gasteiger partial charge in [-0.2, -0.15) is 4.39 Å². The molecule has 0 amide bonds. The van der Waals surface area contributed by atoms with E-state index in [1.807, 2.05) is 6.07 Å². The van der Waals surface area contributed by atoms with Crippen LogP contribution in [0.2, 0.25) is 0 Å². The Morgan fingerprint density at radius 2 is 1.61 bits per heavy atom. The number of hydrogen-bond donors (Lipinski definition) is 0. The van der Waals surface area contributed by atoms with Crippen LogP contribution in [0.4, 0.5) is 4.39 Å². The minimum absolute atomic E-state index is 0.359. The molecule has 0 bridgehead atoms. The third-order valence-electron chi connectivity index (χ3n) is 6.52. The first-order valence-electron chi connectivity index (χ1n) is 9.87. The number of hydrogen-bond acceptors (Lipinski definition) is 1. The van der Waals surface area contributed by atoms with Crippen LogP contribution in [0.5, 0.6) is 0 Å². The van der Waals surface area contributed by atoms with Crippen LogP contribution in [0.3, 0.4) is 0 Å². The van der Waals surface area contributed by atoms with E-state index in [0.717, 1.165) is 17.8 Å². The molecule has 2 saturated carbocycles. The molecule has 2 heteroatoms. The third-order valence-corrected chi connectivity index (χ3v) is 6.52. The fourth-order valence-corrected chi connectivity index (χ4v) is 4.99. The van der Waals surface area contributed by atoms with E-state index in [1.54, 1.807) is 6.20 Å². The highest BCUT2D eigenvalue weighted by atomic mass is 19.1. The van der Waals surface area contributed by atoms with Crippen LogP contribution in [-0.4, -0.2) is 4.98 Å². The maximum absolute atomic E-state index is 13.0. The molecule has 1 nitrogen and oxygen atoms in total. The molecule has 0 unspecified atom stereocenters. The fraction of sp³-hybridized carbons (Fsp3) is 0.762. The highest BCUT2D eigenvalue weighted by Crippen LogP contribution is 2.44. The monoisotopic (exact) mass is 317 g/mol. The predicted octanol–water partition coefficient (Wildman–Crippen LogP) is 6.49. The van der Waals surface area contributed by atoms with E-state index in [1.165, 1.54) is 82.3 Å². The van der Waals surface area contributed by atoms with E-state index >= 15 is 0 Å². The Morgan fingerprint density at radius 1 is 0.957 bits per heavy atom. The smallest absolute Gasteiger partial charge is 0.212 e. The Labute approximate surface area is 141 Å². The lowest BCUT2D eigenvalue weighted by Crippen LogP contribution is -2.25. The highest BCUT2D eigenvalue weighted by Gasteiger charge is 2.31. The average Bonchev–Trinajstić information content (AvgIpc) is 2.61. The van der Waals surface area contributed by atoms with Gasteiger partial charge < -0.3 is 0 Å². The van der Waals surface area contributed by atoms with E-state index in [4.69, 9.17) is 0 Å². The quantitative estimate of drug-likeness (QED) is 0.565. The molecular weight excluding hydrogens is 285 g/mol. The van der Waals surface area contributed by atoms with Crippen molar-refractivity contribution < 1.29 is 4.39 Å². The topological polar surface area (TPSA) is 12.9 Å². The molecule has 3 rings (SSSR count). The van der Waals surface area contributed by atoms with Gasteiger partial charge >= 0.3 is 0 Å². The van der Waals surface area contributed by atoms with Crippen molar-refractivity contribution in [2.45, 2.75) is 83.5 Å². The van der Waals surface area contributed by atoms with Gasteiger partial charge in [-0.3, -0.25) is 0 Å². The zero-order valence-corrected chi connectivity index (χ0v) is 14.6. The van der Waals surface area contributed by atoms with Gasteiger partial charge in [-0.1, -0.05) is 45.1 Å². The van der Waals surface area contributed by atoms with E-state index in [-0.39, 0.29) is 5.95 Å². The molecule has 2 aliphatic carbocycles. The van der Waals surface area contributed by atoms with Gasteiger partial charge in [0.15, 0.2) is 0 Å². The van der Waals surface area contributed by atoms with Crippen LogP contribution in [0.15, 0.2) is 18.3 Å². The lowest BCUT2D eigenvalue weighted by atomic mass is 9.68. The third kappa shape index (κ3) is 4.55. The summed E-state index contributed by atoms with van der Waals surface area (Å²) in [6, 6.07) is 3.45. The minimum atomic E-state index is -0.359. The summed E-state index contributed by atoms with van der Waals surface area (Å²) >= 11 is 0. The van der Waals surface area contributed by atoms with Crippen molar-refractivity contribution in [3.8, 4) is 0 Å². The number of nitrogens with zero attached hydrogens (tertiary/aromatic N) is 1. The van der Waals surface area contributed by atoms with E-state index in [2.05, 4.69) is 11.9 Å². The van der Waals surface area contributed by atoms with Gasteiger partial charge in [0, 0.05) is 6.20 Å². The van der Waals surface area contributed by atoms with E-state index in [0.29, 0.717) is 5.92 Å². The molecule has 0 atom stereocenters. The van der Waals surface area contributed by atoms with Gasteiger partial charge in [0.05, 0.1) is 0 Å². The molecule has 2 fully saturated rings. The lowest BCUT2D eigenvalue weighted by molar-refractivity contribution is 0.156. The first-order valence-corrected chi connectivity index (χ1v) is 9.87. The van der Waals surface area contributed by atoms with Crippen molar-refractivity contribution in [3.63, 3.8) is 0 Å². The van der Waals surface area contributed by atoms with Gasteiger partial charge in [-0.15, -0.1) is 0 Å². The van der Waals surface area contributed by atoms with Crippen molar-refractivity contribution in [2.24, 2.45) is 17.8 Å². The zero-order valence-electron chi connectivity index (χ0n) is 14.6. The second-order valence-electron chi connectivity index (χ2n) is 7.95. The van der Waals surface area contributed by atoms with Crippen LogP contribution >= 0.6 is 0 Å². The number of rotatable bonds is 5. The van der Waals surface area contributed by atoms with Crippen LogP contribution in [0.25, 0.3) is 0 Å². The molecule has 0 saturated heterocycles. The SMILES string of the molecule is CCCC[C@H]1CC[C@H]([C@H]2CC[C@H](c3ccc(F)nc3)CC2)CC1.